The Labute approximate surface area is 140 Å². The Morgan fingerprint density at radius 3 is 2.70 bits per heavy atom. The lowest BCUT2D eigenvalue weighted by molar-refractivity contribution is 0.166. The second-order valence-electron chi connectivity index (χ2n) is 4.84. The molecule has 2 aromatic rings. The Bertz CT molecular complexity index is 662. The van der Waals surface area contributed by atoms with E-state index < -0.39 is 6.09 Å². The van der Waals surface area contributed by atoms with Crippen molar-refractivity contribution in [2.45, 2.75) is 20.3 Å². The van der Waals surface area contributed by atoms with Crippen LogP contribution in [0.1, 0.15) is 18.2 Å². The molecule has 6 nitrogen and oxygen atoms in total. The summed E-state index contributed by atoms with van der Waals surface area (Å²) in [6, 6.07) is 6.81. The Kier molecular flexibility index (Phi) is 6.17. The van der Waals surface area contributed by atoms with Crippen LogP contribution in [0.25, 0.3) is 0 Å². The number of benzene rings is 1. The quantitative estimate of drug-likeness (QED) is 0.788. The fourth-order valence-corrected chi connectivity index (χ4v) is 2.15. The van der Waals surface area contributed by atoms with Crippen molar-refractivity contribution in [1.82, 2.24) is 9.97 Å². The van der Waals surface area contributed by atoms with E-state index in [1.807, 2.05) is 13.8 Å². The fraction of sp³-hybridized carbons (Fsp3) is 0.312. The first-order chi connectivity index (χ1) is 11.1. The van der Waals surface area contributed by atoms with Crippen LogP contribution in [0.4, 0.5) is 16.3 Å². The minimum Gasteiger partial charge on any atom is -0.447 e. The molecule has 0 saturated heterocycles. The summed E-state index contributed by atoms with van der Waals surface area (Å²) in [5.74, 6) is 0.763. The molecule has 1 aromatic carbocycles. The molecule has 0 aliphatic rings. The van der Waals surface area contributed by atoms with E-state index in [0.29, 0.717) is 17.3 Å². The zero-order valence-electron chi connectivity index (χ0n) is 13.1. The smallest absolute Gasteiger partial charge is 0.411 e. The van der Waals surface area contributed by atoms with Gasteiger partial charge < -0.3 is 10.1 Å². The van der Waals surface area contributed by atoms with Gasteiger partial charge in [-0.05, 0) is 37.6 Å². The topological polar surface area (TPSA) is 76.1 Å². The van der Waals surface area contributed by atoms with Gasteiger partial charge >= 0.3 is 6.09 Å². The summed E-state index contributed by atoms with van der Waals surface area (Å²) in [7, 11) is 0. The molecule has 0 aliphatic carbocycles. The molecule has 23 heavy (non-hydrogen) atoms. The van der Waals surface area contributed by atoms with Crippen molar-refractivity contribution in [3.8, 4) is 0 Å². The van der Waals surface area contributed by atoms with Gasteiger partial charge in [0.2, 0.25) is 0 Å². The third kappa shape index (κ3) is 5.10. The van der Waals surface area contributed by atoms with Crippen LogP contribution in [0.2, 0.25) is 5.02 Å². The summed E-state index contributed by atoms with van der Waals surface area (Å²) >= 11 is 5.78. The first kappa shape index (κ1) is 17.0. The number of carbonyl (C=O) groups excluding carboxylic acids is 1. The van der Waals surface area contributed by atoms with Crippen molar-refractivity contribution in [2.75, 3.05) is 23.8 Å². The van der Waals surface area contributed by atoms with Gasteiger partial charge in [0.15, 0.2) is 0 Å². The second kappa shape index (κ2) is 8.33. The van der Waals surface area contributed by atoms with Crippen LogP contribution in [0.3, 0.4) is 0 Å². The van der Waals surface area contributed by atoms with Crippen molar-refractivity contribution in [1.29, 1.82) is 0 Å². The maximum atomic E-state index is 11.7. The van der Waals surface area contributed by atoms with Crippen molar-refractivity contribution in [3.05, 3.63) is 46.9 Å². The Balaban J connectivity index is 1.75. The molecular formula is C16H19ClN4O2. The summed E-state index contributed by atoms with van der Waals surface area (Å²) in [5.41, 5.74) is 2.65. The highest BCUT2D eigenvalue weighted by Gasteiger charge is 2.06. The highest BCUT2D eigenvalue weighted by atomic mass is 35.5. The standard InChI is InChI=1S/C16H19ClN4O2/c1-3-14-11(2)15(20-10-19-14)18-8-9-23-16(22)21-13-6-4-12(17)5-7-13/h4-7,10H,3,8-9H2,1-2H3,(H,21,22)(H,18,19,20). The molecule has 1 aromatic heterocycles. The largest absolute Gasteiger partial charge is 0.447 e. The van der Waals surface area contributed by atoms with Crippen LogP contribution >= 0.6 is 11.6 Å². The monoisotopic (exact) mass is 334 g/mol. The average molecular weight is 335 g/mol. The van der Waals surface area contributed by atoms with Gasteiger partial charge in [0.1, 0.15) is 18.8 Å². The van der Waals surface area contributed by atoms with Gasteiger partial charge in [0, 0.05) is 22.0 Å². The molecule has 0 unspecified atom stereocenters. The van der Waals surface area contributed by atoms with Gasteiger partial charge in [0.05, 0.1) is 6.54 Å². The number of nitrogens with one attached hydrogen (secondary N) is 2. The SMILES string of the molecule is CCc1ncnc(NCCOC(=O)Nc2ccc(Cl)cc2)c1C. The number of carbonyl (C=O) groups is 1. The molecule has 1 heterocycles. The van der Waals surface area contributed by atoms with E-state index in [-0.39, 0.29) is 6.61 Å². The predicted molar refractivity (Wildman–Crippen MR) is 91.1 cm³/mol. The van der Waals surface area contributed by atoms with Gasteiger partial charge in [-0.3, -0.25) is 5.32 Å². The van der Waals surface area contributed by atoms with E-state index in [1.165, 1.54) is 6.33 Å². The molecule has 0 atom stereocenters. The molecule has 0 saturated carbocycles. The minimum atomic E-state index is -0.511. The number of hydrogen-bond donors (Lipinski definition) is 2. The molecule has 0 fully saturated rings. The Hall–Kier alpha value is -2.34. The lowest BCUT2D eigenvalue weighted by Crippen LogP contribution is -2.19. The first-order valence-electron chi connectivity index (χ1n) is 7.34. The number of anilines is 2. The summed E-state index contributed by atoms with van der Waals surface area (Å²) in [5, 5.41) is 6.38. The van der Waals surface area contributed by atoms with Crippen molar-refractivity contribution >= 4 is 29.2 Å². The fourth-order valence-electron chi connectivity index (χ4n) is 2.02. The highest BCUT2D eigenvalue weighted by Crippen LogP contribution is 2.14. The summed E-state index contributed by atoms with van der Waals surface area (Å²) in [6.07, 6.45) is 1.87. The van der Waals surface area contributed by atoms with Gasteiger partial charge in [-0.15, -0.1) is 0 Å². The van der Waals surface area contributed by atoms with Crippen LogP contribution < -0.4 is 10.6 Å². The summed E-state index contributed by atoms with van der Waals surface area (Å²) < 4.78 is 5.11. The van der Waals surface area contributed by atoms with Gasteiger partial charge in [0.25, 0.3) is 0 Å². The molecule has 2 N–H and O–H groups in total. The molecule has 1 amide bonds. The molecule has 0 radical (unpaired) electrons. The maximum Gasteiger partial charge on any atom is 0.411 e. The zero-order chi connectivity index (χ0) is 16.7. The highest BCUT2D eigenvalue weighted by molar-refractivity contribution is 6.30. The summed E-state index contributed by atoms with van der Waals surface area (Å²) in [4.78, 5) is 20.1. The molecule has 0 spiro atoms. The van der Waals surface area contributed by atoms with Gasteiger partial charge in [-0.25, -0.2) is 14.8 Å². The van der Waals surface area contributed by atoms with Crippen LogP contribution in [-0.4, -0.2) is 29.2 Å². The molecular weight excluding hydrogens is 316 g/mol. The zero-order valence-corrected chi connectivity index (χ0v) is 13.9. The van der Waals surface area contributed by atoms with Crippen LogP contribution in [0, 0.1) is 6.92 Å². The van der Waals surface area contributed by atoms with Crippen molar-refractivity contribution < 1.29 is 9.53 Å². The van der Waals surface area contributed by atoms with E-state index in [1.54, 1.807) is 24.3 Å². The lowest BCUT2D eigenvalue weighted by Gasteiger charge is -2.11. The first-order valence-corrected chi connectivity index (χ1v) is 7.71. The number of rotatable bonds is 6. The minimum absolute atomic E-state index is 0.227. The third-order valence-electron chi connectivity index (χ3n) is 3.24. The van der Waals surface area contributed by atoms with E-state index in [0.717, 1.165) is 23.5 Å². The van der Waals surface area contributed by atoms with Gasteiger partial charge in [-0.1, -0.05) is 18.5 Å². The predicted octanol–water partition coefficient (Wildman–Crippen LogP) is 3.66. The number of amides is 1. The normalized spacial score (nSPS) is 10.2. The number of aromatic nitrogens is 2. The molecule has 7 heteroatoms. The molecule has 0 aliphatic heterocycles. The number of halogens is 1. The van der Waals surface area contributed by atoms with E-state index in [4.69, 9.17) is 16.3 Å². The molecule has 122 valence electrons. The van der Waals surface area contributed by atoms with Gasteiger partial charge in [-0.2, -0.15) is 0 Å². The summed E-state index contributed by atoms with van der Waals surface area (Å²) in [6.45, 7) is 4.71. The Morgan fingerprint density at radius 2 is 2.00 bits per heavy atom. The Morgan fingerprint density at radius 1 is 1.26 bits per heavy atom. The van der Waals surface area contributed by atoms with Crippen molar-refractivity contribution in [2.24, 2.45) is 0 Å². The maximum absolute atomic E-state index is 11.7. The van der Waals surface area contributed by atoms with Crippen LogP contribution in [0.15, 0.2) is 30.6 Å². The molecule has 0 bridgehead atoms. The number of ether oxygens (including phenoxy) is 1. The van der Waals surface area contributed by atoms with E-state index >= 15 is 0 Å². The number of nitrogens with zero attached hydrogens (tertiary/aromatic N) is 2. The van der Waals surface area contributed by atoms with E-state index in [2.05, 4.69) is 20.6 Å². The van der Waals surface area contributed by atoms with E-state index in [9.17, 15) is 4.79 Å². The van der Waals surface area contributed by atoms with Crippen molar-refractivity contribution in [3.63, 3.8) is 0 Å². The number of hydrogen-bond acceptors (Lipinski definition) is 5. The second-order valence-corrected chi connectivity index (χ2v) is 5.28. The third-order valence-corrected chi connectivity index (χ3v) is 3.49. The average Bonchev–Trinajstić information content (AvgIpc) is 2.55. The number of aryl methyl sites for hydroxylation is 1. The molecule has 2 rings (SSSR count). The van der Waals surface area contributed by atoms with Crippen LogP contribution in [-0.2, 0) is 11.2 Å². The van der Waals surface area contributed by atoms with Crippen LogP contribution in [0.5, 0.6) is 0 Å². The lowest BCUT2D eigenvalue weighted by atomic mass is 10.2.